The lowest BCUT2D eigenvalue weighted by atomic mass is 10.1. The summed E-state index contributed by atoms with van der Waals surface area (Å²) in [6.07, 6.45) is 1.39. The van der Waals surface area contributed by atoms with E-state index in [1.165, 1.54) is 6.20 Å². The third kappa shape index (κ3) is 6.24. The van der Waals surface area contributed by atoms with E-state index in [-0.39, 0.29) is 11.5 Å². The maximum atomic E-state index is 12.6. The third-order valence-corrected chi connectivity index (χ3v) is 4.50. The molecule has 3 rings (SSSR count). The SMILES string of the molecule is Cc1ccc(CNC(=O)c2ccccc2NC(=O)COC(=O)c2ccc(C)nc2)cc1. The summed E-state index contributed by atoms with van der Waals surface area (Å²) in [5, 5.41) is 5.46. The van der Waals surface area contributed by atoms with E-state index in [0.717, 1.165) is 16.8 Å². The minimum absolute atomic E-state index is 0.259. The molecule has 0 saturated heterocycles. The Balaban J connectivity index is 1.57. The molecule has 1 heterocycles. The van der Waals surface area contributed by atoms with Gasteiger partial charge in [-0.15, -0.1) is 0 Å². The number of carbonyl (C=O) groups is 3. The van der Waals surface area contributed by atoms with Crippen LogP contribution in [0.1, 0.15) is 37.5 Å². The molecule has 0 atom stereocenters. The molecule has 2 aromatic carbocycles. The van der Waals surface area contributed by atoms with Crippen molar-refractivity contribution in [3.05, 3.63) is 94.8 Å². The molecule has 2 N–H and O–H groups in total. The quantitative estimate of drug-likeness (QED) is 0.574. The average molecular weight is 417 g/mol. The van der Waals surface area contributed by atoms with Gasteiger partial charge >= 0.3 is 5.97 Å². The van der Waals surface area contributed by atoms with E-state index in [0.29, 0.717) is 17.8 Å². The Hall–Kier alpha value is -4.00. The second kappa shape index (κ2) is 10.2. The first-order valence-corrected chi connectivity index (χ1v) is 9.75. The molecular formula is C24H23N3O4. The van der Waals surface area contributed by atoms with Crippen LogP contribution >= 0.6 is 0 Å². The van der Waals surface area contributed by atoms with Gasteiger partial charge in [-0.05, 0) is 43.7 Å². The number of hydrogen-bond acceptors (Lipinski definition) is 5. The van der Waals surface area contributed by atoms with Crippen molar-refractivity contribution >= 4 is 23.5 Å². The fourth-order valence-electron chi connectivity index (χ4n) is 2.76. The molecular weight excluding hydrogens is 394 g/mol. The lowest BCUT2D eigenvalue weighted by Gasteiger charge is -2.12. The Bertz CT molecular complexity index is 1080. The van der Waals surface area contributed by atoms with Crippen molar-refractivity contribution in [3.63, 3.8) is 0 Å². The largest absolute Gasteiger partial charge is 0.452 e. The second-order valence-electron chi connectivity index (χ2n) is 7.03. The number of rotatable bonds is 7. The van der Waals surface area contributed by atoms with Crippen LogP contribution in [0.4, 0.5) is 5.69 Å². The highest BCUT2D eigenvalue weighted by atomic mass is 16.5. The predicted octanol–water partition coefficient (Wildman–Crippen LogP) is 3.42. The number of hydrogen-bond donors (Lipinski definition) is 2. The van der Waals surface area contributed by atoms with Gasteiger partial charge in [0.15, 0.2) is 6.61 Å². The highest BCUT2D eigenvalue weighted by Gasteiger charge is 2.15. The zero-order valence-corrected chi connectivity index (χ0v) is 17.3. The Morgan fingerprint density at radius 2 is 1.68 bits per heavy atom. The summed E-state index contributed by atoms with van der Waals surface area (Å²) in [5.41, 5.74) is 3.79. The standard InChI is InChI=1S/C24H23N3O4/c1-16-7-10-18(11-8-16)13-26-23(29)20-5-3-4-6-21(20)27-22(28)15-31-24(30)19-12-9-17(2)25-14-19/h3-12,14H,13,15H2,1-2H3,(H,26,29)(H,27,28). The van der Waals surface area contributed by atoms with Crippen molar-refractivity contribution < 1.29 is 19.1 Å². The minimum Gasteiger partial charge on any atom is -0.452 e. The lowest BCUT2D eigenvalue weighted by molar-refractivity contribution is -0.119. The first kappa shape index (κ1) is 21.7. The number of nitrogens with one attached hydrogen (secondary N) is 2. The summed E-state index contributed by atoms with van der Waals surface area (Å²) in [5.74, 6) is -1.52. The monoisotopic (exact) mass is 417 g/mol. The fourth-order valence-corrected chi connectivity index (χ4v) is 2.76. The van der Waals surface area contributed by atoms with Crippen LogP contribution in [0, 0.1) is 13.8 Å². The molecule has 0 unspecified atom stereocenters. The van der Waals surface area contributed by atoms with Gasteiger partial charge in [0, 0.05) is 18.4 Å². The molecule has 0 spiro atoms. The minimum atomic E-state index is -0.647. The number of aryl methyl sites for hydroxylation is 2. The van der Waals surface area contributed by atoms with Crippen molar-refractivity contribution in [2.45, 2.75) is 20.4 Å². The van der Waals surface area contributed by atoms with Crippen molar-refractivity contribution in [2.24, 2.45) is 0 Å². The Labute approximate surface area is 180 Å². The van der Waals surface area contributed by atoms with Crippen LogP contribution in [-0.2, 0) is 16.1 Å². The maximum absolute atomic E-state index is 12.6. The highest BCUT2D eigenvalue weighted by Crippen LogP contribution is 2.15. The maximum Gasteiger partial charge on any atom is 0.340 e. The molecule has 2 amide bonds. The Morgan fingerprint density at radius 1 is 0.935 bits per heavy atom. The molecule has 0 fully saturated rings. The topological polar surface area (TPSA) is 97.4 Å². The van der Waals surface area contributed by atoms with Crippen LogP contribution in [0.25, 0.3) is 0 Å². The van der Waals surface area contributed by atoms with Crippen LogP contribution < -0.4 is 10.6 Å². The van der Waals surface area contributed by atoms with Crippen molar-refractivity contribution in [3.8, 4) is 0 Å². The summed E-state index contributed by atoms with van der Waals surface area (Å²) in [7, 11) is 0. The molecule has 0 aliphatic heterocycles. The number of ether oxygens (including phenoxy) is 1. The highest BCUT2D eigenvalue weighted by molar-refractivity contribution is 6.04. The van der Waals surface area contributed by atoms with Crippen molar-refractivity contribution in [1.82, 2.24) is 10.3 Å². The van der Waals surface area contributed by atoms with Gasteiger partial charge in [-0.2, -0.15) is 0 Å². The summed E-state index contributed by atoms with van der Waals surface area (Å²) < 4.78 is 5.03. The van der Waals surface area contributed by atoms with Gasteiger partial charge in [-0.1, -0.05) is 42.0 Å². The molecule has 31 heavy (non-hydrogen) atoms. The van der Waals surface area contributed by atoms with E-state index in [1.807, 2.05) is 31.2 Å². The molecule has 0 radical (unpaired) electrons. The molecule has 7 heteroatoms. The van der Waals surface area contributed by atoms with Crippen LogP contribution in [0.5, 0.6) is 0 Å². The van der Waals surface area contributed by atoms with Crippen molar-refractivity contribution in [1.29, 1.82) is 0 Å². The first-order chi connectivity index (χ1) is 14.9. The van der Waals surface area contributed by atoms with Crippen LogP contribution in [0.3, 0.4) is 0 Å². The van der Waals surface area contributed by atoms with Gasteiger partial charge in [0.25, 0.3) is 11.8 Å². The second-order valence-corrected chi connectivity index (χ2v) is 7.03. The lowest BCUT2D eigenvalue weighted by Crippen LogP contribution is -2.26. The number of anilines is 1. The third-order valence-electron chi connectivity index (χ3n) is 4.50. The number of esters is 1. The molecule has 158 valence electrons. The summed E-state index contributed by atoms with van der Waals surface area (Å²) in [6.45, 7) is 3.68. The van der Waals surface area contributed by atoms with Gasteiger partial charge in [0.2, 0.25) is 0 Å². The zero-order valence-electron chi connectivity index (χ0n) is 17.3. The van der Waals surface area contributed by atoms with E-state index in [1.54, 1.807) is 43.3 Å². The zero-order chi connectivity index (χ0) is 22.2. The molecule has 0 bridgehead atoms. The average Bonchev–Trinajstić information content (AvgIpc) is 2.78. The number of pyridine rings is 1. The molecule has 7 nitrogen and oxygen atoms in total. The molecule has 3 aromatic rings. The van der Waals surface area contributed by atoms with Crippen LogP contribution in [0.2, 0.25) is 0 Å². The summed E-state index contributed by atoms with van der Waals surface area (Å²) >= 11 is 0. The summed E-state index contributed by atoms with van der Waals surface area (Å²) in [4.78, 5) is 40.9. The number of carbonyl (C=O) groups excluding carboxylic acids is 3. The molecule has 1 aromatic heterocycles. The van der Waals surface area contributed by atoms with Gasteiger partial charge < -0.3 is 15.4 Å². The Kier molecular flexibility index (Phi) is 7.11. The van der Waals surface area contributed by atoms with Gasteiger partial charge in [0.1, 0.15) is 0 Å². The van der Waals surface area contributed by atoms with Crippen LogP contribution in [-0.4, -0.2) is 29.4 Å². The van der Waals surface area contributed by atoms with E-state index >= 15 is 0 Å². The molecule has 0 aliphatic rings. The van der Waals surface area contributed by atoms with Crippen molar-refractivity contribution in [2.75, 3.05) is 11.9 Å². The predicted molar refractivity (Wildman–Crippen MR) is 117 cm³/mol. The number of benzene rings is 2. The smallest absolute Gasteiger partial charge is 0.340 e. The van der Waals surface area contributed by atoms with Gasteiger partial charge in [-0.25, -0.2) is 4.79 Å². The number of nitrogens with zero attached hydrogens (tertiary/aromatic N) is 1. The fraction of sp³-hybridized carbons (Fsp3) is 0.167. The van der Waals surface area contributed by atoms with Crippen LogP contribution in [0.15, 0.2) is 66.9 Å². The van der Waals surface area contributed by atoms with E-state index < -0.39 is 18.5 Å². The Morgan fingerprint density at radius 3 is 2.39 bits per heavy atom. The number of aromatic nitrogens is 1. The van der Waals surface area contributed by atoms with E-state index in [9.17, 15) is 14.4 Å². The van der Waals surface area contributed by atoms with E-state index in [4.69, 9.17) is 4.74 Å². The molecule has 0 saturated carbocycles. The normalized spacial score (nSPS) is 10.3. The summed E-state index contributed by atoms with van der Waals surface area (Å²) in [6, 6.07) is 17.7. The van der Waals surface area contributed by atoms with E-state index in [2.05, 4.69) is 15.6 Å². The van der Waals surface area contributed by atoms with Gasteiger partial charge in [-0.3, -0.25) is 14.6 Å². The number of para-hydroxylation sites is 1. The van der Waals surface area contributed by atoms with Gasteiger partial charge in [0.05, 0.1) is 16.8 Å². The number of amides is 2. The first-order valence-electron chi connectivity index (χ1n) is 9.75. The molecule has 0 aliphatic carbocycles.